The summed E-state index contributed by atoms with van der Waals surface area (Å²) in [4.78, 5) is 2.59. The lowest BCUT2D eigenvalue weighted by Crippen LogP contribution is -2.45. The standard InChI is InChI=1S/C16H29N3/c1-3-16(13-17,18-15-7-8-15)9-5-11-19-10-4-6-14(2)12-19/h14-15,18H,3-12H2,1-2H3. The molecule has 3 nitrogen and oxygen atoms in total. The summed E-state index contributed by atoms with van der Waals surface area (Å²) < 4.78 is 0. The van der Waals surface area contributed by atoms with Crippen LogP contribution in [0.4, 0.5) is 0 Å². The lowest BCUT2D eigenvalue weighted by atomic mass is 9.91. The summed E-state index contributed by atoms with van der Waals surface area (Å²) in [6.45, 7) is 8.17. The molecule has 108 valence electrons. The molecule has 2 unspecified atom stereocenters. The topological polar surface area (TPSA) is 39.1 Å². The van der Waals surface area contributed by atoms with Gasteiger partial charge in [-0.2, -0.15) is 5.26 Å². The maximum atomic E-state index is 9.51. The van der Waals surface area contributed by atoms with Crippen LogP contribution in [0, 0.1) is 17.2 Å². The Morgan fingerprint density at radius 3 is 2.74 bits per heavy atom. The molecule has 2 rings (SSSR count). The molecule has 0 aromatic carbocycles. The van der Waals surface area contributed by atoms with Crippen molar-refractivity contribution in [2.24, 2.45) is 5.92 Å². The normalized spacial score (nSPS) is 27.7. The third-order valence-corrected chi connectivity index (χ3v) is 4.69. The summed E-state index contributed by atoms with van der Waals surface area (Å²) in [5, 5.41) is 13.1. The number of likely N-dealkylation sites (tertiary alicyclic amines) is 1. The van der Waals surface area contributed by atoms with Crippen LogP contribution in [-0.4, -0.2) is 36.1 Å². The largest absolute Gasteiger partial charge is 0.303 e. The fourth-order valence-electron chi connectivity index (χ4n) is 3.23. The molecule has 0 bridgehead atoms. The lowest BCUT2D eigenvalue weighted by molar-refractivity contribution is 0.176. The maximum Gasteiger partial charge on any atom is 0.106 e. The highest BCUT2D eigenvalue weighted by Crippen LogP contribution is 2.27. The molecule has 0 spiro atoms. The molecule has 0 aromatic heterocycles. The van der Waals surface area contributed by atoms with Gasteiger partial charge < -0.3 is 4.90 Å². The van der Waals surface area contributed by atoms with Crippen LogP contribution in [0.1, 0.15) is 58.8 Å². The molecule has 0 radical (unpaired) electrons. The van der Waals surface area contributed by atoms with Crippen molar-refractivity contribution in [3.63, 3.8) is 0 Å². The van der Waals surface area contributed by atoms with Gasteiger partial charge in [-0.05, 0) is 64.0 Å². The van der Waals surface area contributed by atoms with Crippen LogP contribution >= 0.6 is 0 Å². The highest BCUT2D eigenvalue weighted by atomic mass is 15.1. The highest BCUT2D eigenvalue weighted by Gasteiger charge is 2.34. The van der Waals surface area contributed by atoms with Crippen molar-refractivity contribution in [1.82, 2.24) is 10.2 Å². The van der Waals surface area contributed by atoms with Crippen LogP contribution in [0.2, 0.25) is 0 Å². The van der Waals surface area contributed by atoms with E-state index >= 15 is 0 Å². The average molecular weight is 263 g/mol. The molecule has 2 atom stereocenters. The minimum absolute atomic E-state index is 0.261. The first-order chi connectivity index (χ1) is 9.17. The zero-order valence-corrected chi connectivity index (χ0v) is 12.6. The zero-order chi connectivity index (χ0) is 13.7. The fourth-order valence-corrected chi connectivity index (χ4v) is 3.23. The van der Waals surface area contributed by atoms with E-state index in [0.29, 0.717) is 6.04 Å². The molecule has 19 heavy (non-hydrogen) atoms. The number of hydrogen-bond acceptors (Lipinski definition) is 3. The third-order valence-electron chi connectivity index (χ3n) is 4.69. The fraction of sp³-hybridized carbons (Fsp3) is 0.938. The average Bonchev–Trinajstić information content (AvgIpc) is 3.21. The molecule has 1 heterocycles. The predicted octanol–water partition coefficient (Wildman–Crippen LogP) is 2.92. The van der Waals surface area contributed by atoms with Gasteiger partial charge in [-0.1, -0.05) is 13.8 Å². The van der Waals surface area contributed by atoms with Crippen molar-refractivity contribution in [3.8, 4) is 6.07 Å². The van der Waals surface area contributed by atoms with E-state index in [1.165, 1.54) is 45.3 Å². The van der Waals surface area contributed by atoms with Gasteiger partial charge in [0.1, 0.15) is 5.54 Å². The van der Waals surface area contributed by atoms with Crippen LogP contribution in [-0.2, 0) is 0 Å². The Labute approximate surface area is 118 Å². The number of nitriles is 1. The van der Waals surface area contributed by atoms with Crippen LogP contribution in [0.25, 0.3) is 0 Å². The van der Waals surface area contributed by atoms with E-state index in [1.54, 1.807) is 0 Å². The van der Waals surface area contributed by atoms with Crippen molar-refractivity contribution < 1.29 is 0 Å². The van der Waals surface area contributed by atoms with Crippen molar-refractivity contribution in [2.75, 3.05) is 19.6 Å². The van der Waals surface area contributed by atoms with Gasteiger partial charge in [0.2, 0.25) is 0 Å². The molecular weight excluding hydrogens is 234 g/mol. The second-order valence-electron chi connectivity index (χ2n) is 6.62. The van der Waals surface area contributed by atoms with Crippen molar-refractivity contribution in [2.45, 2.75) is 70.4 Å². The van der Waals surface area contributed by atoms with Crippen molar-refractivity contribution in [1.29, 1.82) is 5.26 Å². The summed E-state index contributed by atoms with van der Waals surface area (Å²) in [7, 11) is 0. The second kappa shape index (κ2) is 6.72. The second-order valence-corrected chi connectivity index (χ2v) is 6.62. The van der Waals surface area contributed by atoms with Crippen LogP contribution in [0.5, 0.6) is 0 Å². The van der Waals surface area contributed by atoms with E-state index < -0.39 is 0 Å². The Bertz CT molecular complexity index is 318. The van der Waals surface area contributed by atoms with E-state index in [0.717, 1.165) is 25.2 Å². The van der Waals surface area contributed by atoms with Crippen molar-refractivity contribution >= 4 is 0 Å². The Hall–Kier alpha value is -0.590. The molecule has 1 N–H and O–H groups in total. The highest BCUT2D eigenvalue weighted by molar-refractivity contribution is 5.09. The Kier molecular flexibility index (Phi) is 5.24. The minimum Gasteiger partial charge on any atom is -0.303 e. The van der Waals surface area contributed by atoms with Gasteiger partial charge in [0.25, 0.3) is 0 Å². The number of nitrogens with zero attached hydrogens (tertiary/aromatic N) is 2. The van der Waals surface area contributed by atoms with Gasteiger partial charge in [0.15, 0.2) is 0 Å². The summed E-state index contributed by atoms with van der Waals surface area (Å²) in [5.74, 6) is 0.852. The van der Waals surface area contributed by atoms with Gasteiger partial charge in [-0.25, -0.2) is 0 Å². The molecule has 2 aliphatic rings. The monoisotopic (exact) mass is 263 g/mol. The van der Waals surface area contributed by atoms with Crippen LogP contribution in [0.3, 0.4) is 0 Å². The van der Waals surface area contributed by atoms with Crippen LogP contribution in [0.15, 0.2) is 0 Å². The van der Waals surface area contributed by atoms with Gasteiger partial charge >= 0.3 is 0 Å². The number of rotatable bonds is 7. The molecular formula is C16H29N3. The summed E-state index contributed by atoms with van der Waals surface area (Å²) in [6, 6.07) is 3.17. The molecule has 0 aromatic rings. The van der Waals surface area contributed by atoms with Gasteiger partial charge in [0, 0.05) is 12.6 Å². The number of hydrogen-bond donors (Lipinski definition) is 1. The Morgan fingerprint density at radius 1 is 1.37 bits per heavy atom. The number of nitrogens with one attached hydrogen (secondary N) is 1. The van der Waals surface area contributed by atoms with E-state index in [9.17, 15) is 5.26 Å². The van der Waals surface area contributed by atoms with Gasteiger partial charge in [0.05, 0.1) is 6.07 Å². The van der Waals surface area contributed by atoms with E-state index in [2.05, 4.69) is 30.1 Å². The minimum atomic E-state index is -0.261. The SMILES string of the molecule is CCC(C#N)(CCCN1CCCC(C)C1)NC1CC1. The quantitative estimate of drug-likeness (QED) is 0.767. The molecule has 1 saturated heterocycles. The Morgan fingerprint density at radius 2 is 2.16 bits per heavy atom. The third kappa shape index (κ3) is 4.47. The Balaban J connectivity index is 1.73. The first-order valence-electron chi connectivity index (χ1n) is 8.09. The van der Waals surface area contributed by atoms with E-state index in [1.807, 2.05) is 0 Å². The lowest BCUT2D eigenvalue weighted by Gasteiger charge is -2.32. The molecule has 1 aliphatic heterocycles. The predicted molar refractivity (Wildman–Crippen MR) is 78.9 cm³/mol. The van der Waals surface area contributed by atoms with E-state index in [4.69, 9.17) is 0 Å². The first kappa shape index (κ1) is 14.8. The molecule has 2 fully saturated rings. The van der Waals surface area contributed by atoms with Crippen LogP contribution < -0.4 is 5.32 Å². The molecule has 3 heteroatoms. The summed E-state index contributed by atoms with van der Waals surface area (Å²) >= 11 is 0. The smallest absolute Gasteiger partial charge is 0.106 e. The van der Waals surface area contributed by atoms with Crippen molar-refractivity contribution in [3.05, 3.63) is 0 Å². The van der Waals surface area contributed by atoms with Gasteiger partial charge in [-0.15, -0.1) is 0 Å². The molecule has 0 amide bonds. The zero-order valence-electron chi connectivity index (χ0n) is 12.6. The number of piperidine rings is 1. The molecule has 1 aliphatic carbocycles. The van der Waals surface area contributed by atoms with Gasteiger partial charge in [-0.3, -0.25) is 5.32 Å². The summed E-state index contributed by atoms with van der Waals surface area (Å²) in [5.41, 5.74) is -0.261. The first-order valence-corrected chi connectivity index (χ1v) is 8.09. The summed E-state index contributed by atoms with van der Waals surface area (Å²) in [6.07, 6.45) is 8.32. The maximum absolute atomic E-state index is 9.51. The van der Waals surface area contributed by atoms with E-state index in [-0.39, 0.29) is 5.54 Å². The molecule has 1 saturated carbocycles.